The van der Waals surface area contributed by atoms with Gasteiger partial charge in [-0.05, 0) is 24.6 Å². The molecule has 3 aromatic rings. The van der Waals surface area contributed by atoms with E-state index >= 15 is 0 Å². The van der Waals surface area contributed by atoms with Gasteiger partial charge in [0.2, 0.25) is 0 Å². The molecule has 0 fully saturated rings. The highest BCUT2D eigenvalue weighted by atomic mass is 35.5. The van der Waals surface area contributed by atoms with E-state index in [-0.39, 0.29) is 0 Å². The maximum atomic E-state index is 6.26. The Hall–Kier alpha value is -1.98. The number of hydrogen-bond acceptors (Lipinski definition) is 4. The smallest absolute Gasteiger partial charge is 0.180 e. The molecule has 3 rings (SSSR count). The Bertz CT molecular complexity index is 812. The number of rotatable bonds is 3. The molecular weight excluding hydrogens is 309 g/mol. The number of benzene rings is 1. The van der Waals surface area contributed by atoms with Crippen molar-refractivity contribution in [2.75, 3.05) is 17.7 Å². The molecule has 0 radical (unpaired) electrons. The minimum absolute atomic E-state index is 0.582. The summed E-state index contributed by atoms with van der Waals surface area (Å²) in [6.45, 7) is 1.91. The van der Waals surface area contributed by atoms with E-state index < -0.39 is 0 Å². The summed E-state index contributed by atoms with van der Waals surface area (Å²) >= 11 is 12.4. The molecule has 0 bridgehead atoms. The largest absolute Gasteiger partial charge is 0.372 e. The minimum Gasteiger partial charge on any atom is -0.372 e. The van der Waals surface area contributed by atoms with Gasteiger partial charge in [0.1, 0.15) is 5.82 Å². The minimum atomic E-state index is 0.582. The first-order valence-corrected chi connectivity index (χ1v) is 7.08. The van der Waals surface area contributed by atoms with Crippen LogP contribution in [0, 0.1) is 6.92 Å². The highest BCUT2D eigenvalue weighted by Crippen LogP contribution is 2.31. The van der Waals surface area contributed by atoms with E-state index in [1.165, 1.54) is 0 Å². The monoisotopic (exact) mass is 321 g/mol. The Morgan fingerprint density at radius 2 is 2.00 bits per heavy atom. The average molecular weight is 322 g/mol. The van der Waals surface area contributed by atoms with Crippen molar-refractivity contribution in [2.24, 2.45) is 0 Å². The van der Waals surface area contributed by atoms with Crippen LogP contribution in [0.3, 0.4) is 0 Å². The molecule has 0 saturated heterocycles. The lowest BCUT2D eigenvalue weighted by molar-refractivity contribution is 1.12. The van der Waals surface area contributed by atoms with Crippen molar-refractivity contribution in [3.05, 3.63) is 46.3 Å². The quantitative estimate of drug-likeness (QED) is 0.761. The molecule has 0 unspecified atom stereocenters. The van der Waals surface area contributed by atoms with Gasteiger partial charge >= 0.3 is 0 Å². The number of anilines is 3. The van der Waals surface area contributed by atoms with Crippen LogP contribution in [0.15, 0.2) is 30.7 Å². The molecule has 2 heterocycles. The summed E-state index contributed by atoms with van der Waals surface area (Å²) in [6.07, 6.45) is 5.43. The number of aromatic nitrogens is 3. The molecule has 21 heavy (non-hydrogen) atoms. The second-order valence-electron chi connectivity index (χ2n) is 4.59. The number of imidazole rings is 1. The fourth-order valence-electron chi connectivity index (χ4n) is 2.01. The summed E-state index contributed by atoms with van der Waals surface area (Å²) in [5.41, 5.74) is 2.33. The van der Waals surface area contributed by atoms with Gasteiger partial charge in [0.25, 0.3) is 0 Å². The van der Waals surface area contributed by atoms with Gasteiger partial charge in [0, 0.05) is 24.5 Å². The zero-order valence-electron chi connectivity index (χ0n) is 11.5. The summed E-state index contributed by atoms with van der Waals surface area (Å²) in [5.74, 6) is 1.33. The zero-order chi connectivity index (χ0) is 15.0. The van der Waals surface area contributed by atoms with E-state index in [2.05, 4.69) is 20.6 Å². The van der Waals surface area contributed by atoms with E-state index in [1.54, 1.807) is 12.3 Å². The van der Waals surface area contributed by atoms with Gasteiger partial charge < -0.3 is 15.0 Å². The van der Waals surface area contributed by atoms with E-state index in [0.717, 1.165) is 11.4 Å². The van der Waals surface area contributed by atoms with Crippen LogP contribution in [0.1, 0.15) is 5.56 Å². The molecule has 2 aromatic heterocycles. The second kappa shape index (κ2) is 5.42. The second-order valence-corrected chi connectivity index (χ2v) is 5.40. The molecule has 2 N–H and O–H groups in total. The standard InChI is InChI=1S/C14H13Cl2N5/c1-8-5-10(16)11(6-9(8)15)19-13-14-18-3-4-21(14)7-12(17-2)20-13/h3-7,17H,1-2H3,(H,19,20). The van der Waals surface area contributed by atoms with Crippen LogP contribution in [0.2, 0.25) is 10.0 Å². The van der Waals surface area contributed by atoms with Crippen LogP contribution in [-0.2, 0) is 0 Å². The molecule has 5 nitrogen and oxygen atoms in total. The van der Waals surface area contributed by atoms with Crippen LogP contribution >= 0.6 is 23.2 Å². The predicted octanol–water partition coefficient (Wildman–Crippen LogP) is 4.13. The summed E-state index contributed by atoms with van der Waals surface area (Å²) in [7, 11) is 1.81. The molecule has 0 aliphatic heterocycles. The Morgan fingerprint density at radius 3 is 2.76 bits per heavy atom. The molecule has 0 aliphatic rings. The fourth-order valence-corrected chi connectivity index (χ4v) is 2.43. The summed E-state index contributed by atoms with van der Waals surface area (Å²) in [5, 5.41) is 7.43. The van der Waals surface area contributed by atoms with Gasteiger partial charge in [-0.15, -0.1) is 0 Å². The van der Waals surface area contributed by atoms with Crippen molar-refractivity contribution >= 4 is 46.2 Å². The molecular formula is C14H13Cl2N5. The van der Waals surface area contributed by atoms with Gasteiger partial charge in [-0.3, -0.25) is 0 Å². The summed E-state index contributed by atoms with van der Waals surface area (Å²) < 4.78 is 1.88. The maximum absolute atomic E-state index is 6.26. The topological polar surface area (TPSA) is 54.2 Å². The normalized spacial score (nSPS) is 10.9. The Morgan fingerprint density at radius 1 is 1.19 bits per heavy atom. The molecule has 0 aliphatic carbocycles. The summed E-state index contributed by atoms with van der Waals surface area (Å²) in [4.78, 5) is 8.77. The van der Waals surface area contributed by atoms with E-state index in [9.17, 15) is 0 Å². The fraction of sp³-hybridized carbons (Fsp3) is 0.143. The average Bonchev–Trinajstić information content (AvgIpc) is 2.93. The SMILES string of the molecule is CNc1cn2ccnc2c(Nc2cc(Cl)c(C)cc2Cl)n1. The third-order valence-electron chi connectivity index (χ3n) is 3.13. The first-order chi connectivity index (χ1) is 10.1. The van der Waals surface area contributed by atoms with Crippen molar-refractivity contribution in [3.63, 3.8) is 0 Å². The number of fused-ring (bicyclic) bond motifs is 1. The first-order valence-electron chi connectivity index (χ1n) is 6.32. The molecule has 0 spiro atoms. The van der Waals surface area contributed by atoms with Gasteiger partial charge in [-0.25, -0.2) is 9.97 Å². The van der Waals surface area contributed by atoms with Crippen LogP contribution in [0.4, 0.5) is 17.3 Å². The summed E-state index contributed by atoms with van der Waals surface area (Å²) in [6, 6.07) is 3.60. The molecule has 0 saturated carbocycles. The van der Waals surface area contributed by atoms with Crippen LogP contribution in [0.25, 0.3) is 5.65 Å². The third kappa shape index (κ3) is 2.62. The Kier molecular flexibility index (Phi) is 3.61. The first kappa shape index (κ1) is 14.0. The number of hydrogen-bond donors (Lipinski definition) is 2. The Balaban J connectivity index is 2.09. The van der Waals surface area contributed by atoms with Crippen molar-refractivity contribution in [1.29, 1.82) is 0 Å². The van der Waals surface area contributed by atoms with E-state index in [0.29, 0.717) is 27.2 Å². The molecule has 1 aromatic carbocycles. The van der Waals surface area contributed by atoms with Crippen molar-refractivity contribution in [1.82, 2.24) is 14.4 Å². The zero-order valence-corrected chi connectivity index (χ0v) is 13.0. The number of nitrogens with one attached hydrogen (secondary N) is 2. The lowest BCUT2D eigenvalue weighted by Crippen LogP contribution is -2.02. The number of nitrogens with zero attached hydrogens (tertiary/aromatic N) is 3. The van der Waals surface area contributed by atoms with Gasteiger partial charge in [0.15, 0.2) is 11.5 Å². The van der Waals surface area contributed by atoms with Gasteiger partial charge in [0.05, 0.1) is 16.9 Å². The lowest BCUT2D eigenvalue weighted by Gasteiger charge is -2.12. The van der Waals surface area contributed by atoms with Crippen LogP contribution < -0.4 is 10.6 Å². The number of aryl methyl sites for hydroxylation is 1. The van der Waals surface area contributed by atoms with Crippen molar-refractivity contribution in [3.8, 4) is 0 Å². The van der Waals surface area contributed by atoms with Crippen LogP contribution in [0.5, 0.6) is 0 Å². The molecule has 7 heteroatoms. The maximum Gasteiger partial charge on any atom is 0.180 e. The van der Waals surface area contributed by atoms with Gasteiger partial charge in [-0.1, -0.05) is 23.2 Å². The Labute approximate surface area is 131 Å². The van der Waals surface area contributed by atoms with Crippen molar-refractivity contribution < 1.29 is 0 Å². The highest BCUT2D eigenvalue weighted by molar-refractivity contribution is 6.35. The molecule has 108 valence electrons. The van der Waals surface area contributed by atoms with Crippen LogP contribution in [-0.4, -0.2) is 21.4 Å². The molecule has 0 atom stereocenters. The van der Waals surface area contributed by atoms with Crippen molar-refractivity contribution in [2.45, 2.75) is 6.92 Å². The van der Waals surface area contributed by atoms with Gasteiger partial charge in [-0.2, -0.15) is 0 Å². The number of halogens is 2. The highest BCUT2D eigenvalue weighted by Gasteiger charge is 2.10. The third-order valence-corrected chi connectivity index (χ3v) is 3.85. The van der Waals surface area contributed by atoms with E-state index in [4.69, 9.17) is 23.2 Å². The predicted molar refractivity (Wildman–Crippen MR) is 87.0 cm³/mol. The lowest BCUT2D eigenvalue weighted by atomic mass is 10.2. The molecule has 0 amide bonds. The van der Waals surface area contributed by atoms with E-state index in [1.807, 2.05) is 36.8 Å².